The second-order valence-electron chi connectivity index (χ2n) is 13.3. The first-order chi connectivity index (χ1) is 22.7. The van der Waals surface area contributed by atoms with E-state index < -0.39 is 5.54 Å². The Morgan fingerprint density at radius 2 is 1.26 bits per heavy atom. The minimum absolute atomic E-state index is 0.243. The van der Waals surface area contributed by atoms with E-state index in [1.807, 2.05) is 22.9 Å². The van der Waals surface area contributed by atoms with Gasteiger partial charge in [0.2, 0.25) is 0 Å². The minimum Gasteiger partial charge on any atom is -0.403 e. The molecule has 1 saturated heterocycles. The molecule has 1 aliphatic rings. The van der Waals surface area contributed by atoms with Crippen LogP contribution >= 0.6 is 0 Å². The third-order valence-electron chi connectivity index (χ3n) is 9.61. The molecule has 1 fully saturated rings. The average Bonchev–Trinajstić information content (AvgIpc) is 3.62. The van der Waals surface area contributed by atoms with Crippen molar-refractivity contribution in [3.8, 4) is 0 Å². The van der Waals surface area contributed by atoms with Gasteiger partial charge in [0.25, 0.3) is 0 Å². The molecule has 0 radical (unpaired) electrons. The Balaban J connectivity index is 1.37. The van der Waals surface area contributed by atoms with Crippen molar-refractivity contribution in [3.05, 3.63) is 149 Å². The molecular formula is C38H43BFN5O2. The Kier molecular flexibility index (Phi) is 9.68. The number of halogens is 1. The number of benzene rings is 4. The van der Waals surface area contributed by atoms with Gasteiger partial charge in [-0.25, -0.2) is 9.07 Å². The molecule has 1 N–H and O–H groups in total. The van der Waals surface area contributed by atoms with Gasteiger partial charge in [0.05, 0.1) is 29.3 Å². The van der Waals surface area contributed by atoms with Crippen molar-refractivity contribution in [2.24, 2.45) is 0 Å². The molecule has 0 aliphatic carbocycles. The molecule has 0 spiro atoms. The van der Waals surface area contributed by atoms with E-state index in [-0.39, 0.29) is 30.2 Å². The van der Waals surface area contributed by atoms with Crippen molar-refractivity contribution in [2.45, 2.75) is 82.6 Å². The highest BCUT2D eigenvalue weighted by atomic mass is 19.1. The van der Waals surface area contributed by atoms with Crippen LogP contribution in [0.2, 0.25) is 6.32 Å². The number of unbranched alkanes of at least 4 members (excludes halogenated alkanes) is 1. The molecule has 1 aliphatic heterocycles. The Bertz CT molecular complexity index is 1600. The maximum absolute atomic E-state index is 13.7. The van der Waals surface area contributed by atoms with Gasteiger partial charge in [-0.1, -0.05) is 116 Å². The van der Waals surface area contributed by atoms with Gasteiger partial charge in [0, 0.05) is 0 Å². The van der Waals surface area contributed by atoms with Crippen molar-refractivity contribution in [1.29, 1.82) is 0 Å². The SMILES string of the molecule is CC1(C)OB(CCCCC(NC(c2ccccc2)(c2ccccc2)c2ccccc2)c2nnnn2Cc2ccc(F)cc2)OC1(C)C. The van der Waals surface area contributed by atoms with Gasteiger partial charge in [-0.05, 0) is 85.2 Å². The molecule has 5 aromatic rings. The number of hydrogen-bond acceptors (Lipinski definition) is 6. The molecule has 7 nitrogen and oxygen atoms in total. The maximum atomic E-state index is 13.7. The van der Waals surface area contributed by atoms with Crippen LogP contribution in [-0.4, -0.2) is 38.5 Å². The fraction of sp³-hybridized carbons (Fsp3) is 0.342. The molecule has 0 saturated carbocycles. The zero-order valence-electron chi connectivity index (χ0n) is 27.6. The molecule has 1 atom stereocenters. The summed E-state index contributed by atoms with van der Waals surface area (Å²) in [5.41, 5.74) is 2.81. The number of hydrogen-bond donors (Lipinski definition) is 1. The standard InChI is InChI=1S/C38H43BFN5O2/c1-36(2)37(3,4)47-39(46-36)27-15-14-22-34(35-42-43-44-45(35)28-29-23-25-33(40)26-24-29)41-38(30-16-8-5-9-17-30,31-18-10-6-11-19-31)32-20-12-7-13-21-32/h5-13,16-21,23-26,34,41H,14-15,22,27-28H2,1-4H3. The lowest BCUT2D eigenvalue weighted by molar-refractivity contribution is 0.00578. The maximum Gasteiger partial charge on any atom is 0.457 e. The fourth-order valence-corrected chi connectivity index (χ4v) is 6.42. The Labute approximate surface area is 277 Å². The number of rotatable bonds is 13. The topological polar surface area (TPSA) is 74.1 Å². The van der Waals surface area contributed by atoms with E-state index in [1.165, 1.54) is 12.1 Å². The predicted octanol–water partition coefficient (Wildman–Crippen LogP) is 7.75. The summed E-state index contributed by atoms with van der Waals surface area (Å²) in [5, 5.41) is 17.3. The predicted molar refractivity (Wildman–Crippen MR) is 183 cm³/mol. The van der Waals surface area contributed by atoms with Gasteiger partial charge in [-0.15, -0.1) is 5.10 Å². The average molecular weight is 632 g/mol. The van der Waals surface area contributed by atoms with Crippen LogP contribution in [0.25, 0.3) is 0 Å². The Morgan fingerprint density at radius 1 is 0.745 bits per heavy atom. The zero-order valence-corrected chi connectivity index (χ0v) is 27.6. The van der Waals surface area contributed by atoms with Gasteiger partial charge in [-0.2, -0.15) is 0 Å². The van der Waals surface area contributed by atoms with E-state index in [1.54, 1.807) is 12.1 Å². The van der Waals surface area contributed by atoms with Crippen LogP contribution in [-0.2, 0) is 21.4 Å². The molecule has 6 rings (SSSR count). The summed E-state index contributed by atoms with van der Waals surface area (Å²) in [6.45, 7) is 8.77. The van der Waals surface area contributed by atoms with Crippen LogP contribution in [0.15, 0.2) is 115 Å². The normalized spacial score (nSPS) is 16.3. The number of aromatic nitrogens is 4. The van der Waals surface area contributed by atoms with Gasteiger partial charge in [0.15, 0.2) is 5.82 Å². The van der Waals surface area contributed by atoms with Gasteiger partial charge >= 0.3 is 7.12 Å². The minimum atomic E-state index is -0.715. The van der Waals surface area contributed by atoms with E-state index in [0.29, 0.717) is 6.54 Å². The summed E-state index contributed by atoms with van der Waals surface area (Å²) < 4.78 is 28.1. The van der Waals surface area contributed by atoms with E-state index in [4.69, 9.17) is 9.31 Å². The molecule has 1 unspecified atom stereocenters. The van der Waals surface area contributed by atoms with Crippen molar-refractivity contribution in [1.82, 2.24) is 25.5 Å². The quantitative estimate of drug-likeness (QED) is 0.0814. The van der Waals surface area contributed by atoms with Crippen LogP contribution in [0.3, 0.4) is 0 Å². The first-order valence-corrected chi connectivity index (χ1v) is 16.5. The first-order valence-electron chi connectivity index (χ1n) is 16.5. The molecule has 47 heavy (non-hydrogen) atoms. The summed E-state index contributed by atoms with van der Waals surface area (Å²) in [6, 6.07) is 37.9. The fourth-order valence-electron chi connectivity index (χ4n) is 6.42. The Hall–Kier alpha value is -4.18. The Morgan fingerprint density at radius 3 is 1.77 bits per heavy atom. The van der Waals surface area contributed by atoms with Crippen molar-refractivity contribution in [2.75, 3.05) is 0 Å². The highest BCUT2D eigenvalue weighted by Crippen LogP contribution is 2.41. The smallest absolute Gasteiger partial charge is 0.403 e. The van der Waals surface area contributed by atoms with Crippen molar-refractivity contribution in [3.63, 3.8) is 0 Å². The lowest BCUT2D eigenvalue weighted by atomic mass is 9.76. The van der Waals surface area contributed by atoms with E-state index in [0.717, 1.165) is 53.7 Å². The summed E-state index contributed by atoms with van der Waals surface area (Å²) >= 11 is 0. The van der Waals surface area contributed by atoms with Crippen LogP contribution in [0, 0.1) is 5.82 Å². The van der Waals surface area contributed by atoms with Crippen LogP contribution < -0.4 is 5.32 Å². The van der Waals surface area contributed by atoms with Crippen molar-refractivity contribution < 1.29 is 13.7 Å². The van der Waals surface area contributed by atoms with E-state index in [9.17, 15) is 4.39 Å². The monoisotopic (exact) mass is 631 g/mol. The third-order valence-corrected chi connectivity index (χ3v) is 9.61. The molecule has 1 aromatic heterocycles. The lowest BCUT2D eigenvalue weighted by Crippen LogP contribution is -2.47. The van der Waals surface area contributed by atoms with Crippen LogP contribution in [0.1, 0.15) is 81.1 Å². The lowest BCUT2D eigenvalue weighted by Gasteiger charge is -2.40. The number of nitrogens with zero attached hydrogens (tertiary/aromatic N) is 4. The van der Waals surface area contributed by atoms with Gasteiger partial charge < -0.3 is 9.31 Å². The summed E-state index contributed by atoms with van der Waals surface area (Å²) in [5.74, 6) is 0.447. The zero-order chi connectivity index (χ0) is 32.9. The third kappa shape index (κ3) is 7.08. The summed E-state index contributed by atoms with van der Waals surface area (Å²) in [7, 11) is -0.243. The van der Waals surface area contributed by atoms with Crippen LogP contribution in [0.4, 0.5) is 4.39 Å². The van der Waals surface area contributed by atoms with Crippen LogP contribution in [0.5, 0.6) is 0 Å². The van der Waals surface area contributed by atoms with E-state index in [2.05, 4.69) is 121 Å². The van der Waals surface area contributed by atoms with Gasteiger partial charge in [0.1, 0.15) is 5.82 Å². The molecular weight excluding hydrogens is 588 g/mol. The van der Waals surface area contributed by atoms with Gasteiger partial charge in [-0.3, -0.25) is 5.32 Å². The molecule has 4 aromatic carbocycles. The number of nitrogens with one attached hydrogen (secondary N) is 1. The second kappa shape index (κ2) is 13.9. The van der Waals surface area contributed by atoms with Crippen molar-refractivity contribution >= 4 is 7.12 Å². The molecule has 0 bridgehead atoms. The highest BCUT2D eigenvalue weighted by molar-refractivity contribution is 6.45. The highest BCUT2D eigenvalue weighted by Gasteiger charge is 2.50. The number of tetrazole rings is 1. The molecule has 242 valence electrons. The first kappa shape index (κ1) is 32.8. The molecule has 0 amide bonds. The largest absolute Gasteiger partial charge is 0.457 e. The molecule has 9 heteroatoms. The second-order valence-corrected chi connectivity index (χ2v) is 13.3. The van der Waals surface area contributed by atoms with E-state index >= 15 is 0 Å². The summed E-state index contributed by atoms with van der Waals surface area (Å²) in [4.78, 5) is 0. The molecule has 2 heterocycles. The summed E-state index contributed by atoms with van der Waals surface area (Å²) in [6.07, 6.45) is 3.35.